The molecule has 0 saturated heterocycles. The van der Waals surface area contributed by atoms with Crippen LogP contribution in [-0.2, 0) is 0 Å². The average molecular weight is 164 g/mol. The van der Waals surface area contributed by atoms with Crippen LogP contribution in [0.4, 0.5) is 5.69 Å². The maximum atomic E-state index is 5.30. The number of hydrogen-bond donors (Lipinski definition) is 2. The predicted octanol–water partition coefficient (Wildman–Crippen LogP) is 1.36. The minimum atomic E-state index is 0.704. The van der Waals surface area contributed by atoms with Crippen LogP contribution in [0.1, 0.15) is 13.3 Å². The SMILES string of the molecule is CCCOc1c#cc(NN)cc1. The molecule has 64 valence electrons. The van der Waals surface area contributed by atoms with Gasteiger partial charge in [-0.3, -0.25) is 0 Å². The highest BCUT2D eigenvalue weighted by atomic mass is 16.5. The van der Waals surface area contributed by atoms with E-state index in [0.29, 0.717) is 18.0 Å². The van der Waals surface area contributed by atoms with Crippen molar-refractivity contribution < 1.29 is 4.74 Å². The van der Waals surface area contributed by atoms with Gasteiger partial charge in [0, 0.05) is 0 Å². The molecule has 0 amide bonds. The molecule has 0 radical (unpaired) electrons. The summed E-state index contributed by atoms with van der Waals surface area (Å²) in [7, 11) is 0. The number of anilines is 1. The van der Waals surface area contributed by atoms with Crippen molar-refractivity contribution >= 4 is 5.69 Å². The number of nitrogens with one attached hydrogen (secondary N) is 1. The number of hydrogen-bond acceptors (Lipinski definition) is 3. The van der Waals surface area contributed by atoms with Crippen LogP contribution in [0.15, 0.2) is 12.1 Å². The zero-order valence-electron chi connectivity index (χ0n) is 7.05. The summed E-state index contributed by atoms with van der Waals surface area (Å²) in [6, 6.07) is 9.24. The molecule has 1 aromatic rings. The Kier molecular flexibility index (Phi) is 3.24. The highest BCUT2D eigenvalue weighted by Gasteiger charge is 1.90. The van der Waals surface area contributed by atoms with Crippen LogP contribution >= 0.6 is 0 Å². The van der Waals surface area contributed by atoms with Gasteiger partial charge in [-0.1, -0.05) is 6.92 Å². The molecular weight excluding hydrogens is 152 g/mol. The van der Waals surface area contributed by atoms with Crippen LogP contribution in [0.25, 0.3) is 0 Å². The van der Waals surface area contributed by atoms with Gasteiger partial charge in [0.15, 0.2) is 5.75 Å². The van der Waals surface area contributed by atoms with Crippen LogP contribution in [0.3, 0.4) is 0 Å². The minimum absolute atomic E-state index is 0.704. The molecular formula is C9H12N2O. The molecule has 0 unspecified atom stereocenters. The summed E-state index contributed by atoms with van der Waals surface area (Å²) in [6.45, 7) is 2.76. The second-order valence-corrected chi connectivity index (χ2v) is 2.35. The van der Waals surface area contributed by atoms with Crippen molar-refractivity contribution in [2.45, 2.75) is 13.3 Å². The lowest BCUT2D eigenvalue weighted by atomic mass is 10.3. The van der Waals surface area contributed by atoms with Gasteiger partial charge in [-0.2, -0.15) is 0 Å². The van der Waals surface area contributed by atoms with Gasteiger partial charge in [0.25, 0.3) is 0 Å². The lowest BCUT2D eigenvalue weighted by Crippen LogP contribution is -2.05. The van der Waals surface area contributed by atoms with Crippen LogP contribution < -0.4 is 16.0 Å². The van der Waals surface area contributed by atoms with Crippen molar-refractivity contribution in [2.24, 2.45) is 5.84 Å². The molecule has 0 heterocycles. The molecule has 0 aromatic heterocycles. The van der Waals surface area contributed by atoms with E-state index in [1.165, 1.54) is 0 Å². The number of hydrazine groups is 1. The second kappa shape index (κ2) is 4.47. The molecule has 0 aliphatic heterocycles. The Morgan fingerprint density at radius 2 is 2.33 bits per heavy atom. The molecule has 0 aliphatic rings. The summed E-state index contributed by atoms with van der Waals surface area (Å²) in [5, 5.41) is 0. The van der Waals surface area contributed by atoms with Crippen molar-refractivity contribution in [3.05, 3.63) is 24.3 Å². The first-order chi connectivity index (χ1) is 5.86. The third-order valence-corrected chi connectivity index (χ3v) is 1.34. The van der Waals surface area contributed by atoms with Crippen molar-refractivity contribution in [3.63, 3.8) is 0 Å². The lowest BCUT2D eigenvalue weighted by Gasteiger charge is -2.00. The predicted molar refractivity (Wildman–Crippen MR) is 47.7 cm³/mol. The van der Waals surface area contributed by atoms with Crippen molar-refractivity contribution in [1.29, 1.82) is 0 Å². The Morgan fingerprint density at radius 3 is 2.83 bits per heavy atom. The number of rotatable bonds is 4. The van der Waals surface area contributed by atoms with Gasteiger partial charge in [0.2, 0.25) is 0 Å². The molecule has 3 nitrogen and oxygen atoms in total. The summed E-state index contributed by atoms with van der Waals surface area (Å²) in [6.07, 6.45) is 0.991. The highest BCUT2D eigenvalue weighted by Crippen LogP contribution is 2.08. The first kappa shape index (κ1) is 8.69. The average Bonchev–Trinajstić information content (AvgIpc) is 2.15. The van der Waals surface area contributed by atoms with E-state index < -0.39 is 0 Å². The number of ether oxygens (including phenoxy) is 1. The van der Waals surface area contributed by atoms with E-state index in [4.69, 9.17) is 10.6 Å². The van der Waals surface area contributed by atoms with Gasteiger partial charge in [0.05, 0.1) is 12.3 Å². The Morgan fingerprint density at radius 1 is 1.50 bits per heavy atom. The third kappa shape index (κ3) is 2.33. The first-order valence-electron chi connectivity index (χ1n) is 3.90. The van der Waals surface area contributed by atoms with Crippen molar-refractivity contribution in [2.75, 3.05) is 12.0 Å². The Bertz CT molecular complexity index is 220. The smallest absolute Gasteiger partial charge is 0.170 e. The zero-order valence-corrected chi connectivity index (χ0v) is 7.05. The molecule has 1 rings (SSSR count). The normalized spacial score (nSPS) is 8.83. The topological polar surface area (TPSA) is 47.3 Å². The molecule has 12 heavy (non-hydrogen) atoms. The van der Waals surface area contributed by atoms with E-state index in [1.54, 1.807) is 12.1 Å². The molecule has 0 aliphatic carbocycles. The molecule has 0 bridgehead atoms. The van der Waals surface area contributed by atoms with E-state index in [1.807, 2.05) is 0 Å². The summed E-state index contributed by atoms with van der Waals surface area (Å²) in [5.41, 5.74) is 3.18. The summed E-state index contributed by atoms with van der Waals surface area (Å²) in [4.78, 5) is 0. The molecule has 0 fully saturated rings. The van der Waals surface area contributed by atoms with Crippen LogP contribution in [-0.4, -0.2) is 6.61 Å². The first-order valence-corrected chi connectivity index (χ1v) is 3.90. The van der Waals surface area contributed by atoms with Gasteiger partial charge in [0.1, 0.15) is 0 Å². The fraction of sp³-hybridized carbons (Fsp3) is 0.333. The van der Waals surface area contributed by atoms with Crippen molar-refractivity contribution in [1.82, 2.24) is 0 Å². The number of nitrogens with two attached hydrogens (primary N) is 1. The summed E-state index contributed by atoms with van der Waals surface area (Å²) >= 11 is 0. The Hall–Kier alpha value is -1.40. The molecule has 0 atom stereocenters. The maximum absolute atomic E-state index is 5.30. The van der Waals surface area contributed by atoms with E-state index >= 15 is 0 Å². The van der Waals surface area contributed by atoms with E-state index in [-0.39, 0.29) is 0 Å². The molecule has 0 saturated carbocycles. The maximum Gasteiger partial charge on any atom is 0.170 e. The fourth-order valence-electron chi connectivity index (χ4n) is 0.752. The Balaban J connectivity index is 2.53. The van der Waals surface area contributed by atoms with E-state index in [2.05, 4.69) is 24.5 Å². The van der Waals surface area contributed by atoms with E-state index in [0.717, 1.165) is 6.42 Å². The number of nitrogen functional groups attached to an aromatic ring is 1. The molecule has 0 spiro atoms. The van der Waals surface area contributed by atoms with E-state index in [9.17, 15) is 0 Å². The monoisotopic (exact) mass is 164 g/mol. The van der Waals surface area contributed by atoms with Crippen LogP contribution in [0.2, 0.25) is 0 Å². The van der Waals surface area contributed by atoms with Gasteiger partial charge in [-0.25, -0.2) is 5.84 Å². The molecule has 3 heteroatoms. The van der Waals surface area contributed by atoms with Gasteiger partial charge >= 0.3 is 0 Å². The zero-order chi connectivity index (χ0) is 8.81. The van der Waals surface area contributed by atoms with Gasteiger partial charge in [-0.05, 0) is 30.7 Å². The van der Waals surface area contributed by atoms with Crippen LogP contribution in [0, 0.1) is 12.1 Å². The molecule has 3 N–H and O–H groups in total. The van der Waals surface area contributed by atoms with Crippen LogP contribution in [0.5, 0.6) is 5.75 Å². The summed E-state index contributed by atoms with van der Waals surface area (Å²) < 4.78 is 5.30. The third-order valence-electron chi connectivity index (χ3n) is 1.34. The Labute approximate surface area is 72.5 Å². The molecule has 1 aromatic carbocycles. The quantitative estimate of drug-likeness (QED) is 0.521. The van der Waals surface area contributed by atoms with Crippen molar-refractivity contribution in [3.8, 4) is 5.75 Å². The fourth-order valence-corrected chi connectivity index (χ4v) is 0.752. The lowest BCUT2D eigenvalue weighted by molar-refractivity contribution is 0.317. The van der Waals surface area contributed by atoms with Gasteiger partial charge in [-0.15, -0.1) is 0 Å². The minimum Gasteiger partial charge on any atom is -0.485 e. The standard InChI is InChI=1S/C9H12N2O/c1-2-7-12-9-5-3-8(11-10)4-6-9/h3,5,11H,2,7,10H2,1H3. The second-order valence-electron chi connectivity index (χ2n) is 2.35. The van der Waals surface area contributed by atoms with Gasteiger partial charge < -0.3 is 10.2 Å². The summed E-state index contributed by atoms with van der Waals surface area (Å²) in [5.74, 6) is 5.86. The largest absolute Gasteiger partial charge is 0.485 e. The highest BCUT2D eigenvalue weighted by molar-refractivity contribution is 5.39.